The average Bonchev–Trinajstić information content (AvgIpc) is 3.05. The third kappa shape index (κ3) is 4.37. The zero-order chi connectivity index (χ0) is 17.8. The monoisotopic (exact) mass is 423 g/mol. The molecular weight excluding hydrogens is 413 g/mol. The number of halogens is 3. The first-order chi connectivity index (χ1) is 12.0. The van der Waals surface area contributed by atoms with E-state index in [1.54, 1.807) is 30.3 Å². The van der Waals surface area contributed by atoms with Crippen molar-refractivity contribution in [3.63, 3.8) is 0 Å². The van der Waals surface area contributed by atoms with Crippen LogP contribution in [0.4, 0.5) is 10.1 Å². The van der Waals surface area contributed by atoms with Gasteiger partial charge in [-0.1, -0.05) is 27.5 Å². The molecule has 0 bridgehead atoms. The third-order valence-corrected chi connectivity index (χ3v) is 4.04. The fraction of sp³-hybridized carbons (Fsp3) is 0.0588. The van der Waals surface area contributed by atoms with Crippen LogP contribution in [-0.4, -0.2) is 15.7 Å². The Morgan fingerprint density at radius 3 is 2.72 bits per heavy atom. The smallest absolute Gasteiger partial charge is 0.274 e. The van der Waals surface area contributed by atoms with Crippen LogP contribution in [-0.2, 0) is 6.73 Å². The Kier molecular flexibility index (Phi) is 5.35. The van der Waals surface area contributed by atoms with Gasteiger partial charge in [0.25, 0.3) is 5.91 Å². The number of rotatable bonds is 5. The van der Waals surface area contributed by atoms with Gasteiger partial charge in [-0.25, -0.2) is 9.07 Å². The zero-order valence-corrected chi connectivity index (χ0v) is 15.1. The average molecular weight is 425 g/mol. The molecule has 1 aromatic heterocycles. The molecule has 5 nitrogen and oxygen atoms in total. The molecule has 0 aliphatic carbocycles. The van der Waals surface area contributed by atoms with Gasteiger partial charge in [0.15, 0.2) is 6.73 Å². The number of aromatic nitrogens is 2. The van der Waals surface area contributed by atoms with Crippen LogP contribution >= 0.6 is 27.5 Å². The van der Waals surface area contributed by atoms with Gasteiger partial charge in [0.1, 0.15) is 17.3 Å². The summed E-state index contributed by atoms with van der Waals surface area (Å²) in [6.45, 7) is 0.0280. The molecule has 0 radical (unpaired) electrons. The standard InChI is InChI=1S/C17H12BrClFN3O2/c18-11-1-6-15(14(20)9-11)22-17(24)16-7-8-21-23(16)10-25-13-4-2-12(19)3-5-13/h1-9H,10H2,(H,22,24). The summed E-state index contributed by atoms with van der Waals surface area (Å²) in [5, 5.41) is 7.17. The second kappa shape index (κ2) is 7.67. The Bertz CT molecular complexity index is 899. The molecule has 2 aromatic carbocycles. The van der Waals surface area contributed by atoms with Gasteiger partial charge < -0.3 is 10.1 Å². The Morgan fingerprint density at radius 2 is 2.00 bits per heavy atom. The first-order valence-electron chi connectivity index (χ1n) is 7.19. The highest BCUT2D eigenvalue weighted by molar-refractivity contribution is 9.10. The second-order valence-electron chi connectivity index (χ2n) is 5.02. The number of hydrogen-bond acceptors (Lipinski definition) is 3. The van der Waals surface area contributed by atoms with Gasteiger partial charge in [-0.05, 0) is 48.5 Å². The number of carbonyl (C=O) groups excluding carboxylic acids is 1. The largest absolute Gasteiger partial charge is 0.471 e. The minimum absolute atomic E-state index is 0.0280. The highest BCUT2D eigenvalue weighted by Crippen LogP contribution is 2.20. The molecule has 0 fully saturated rings. The Morgan fingerprint density at radius 1 is 1.24 bits per heavy atom. The molecule has 0 aliphatic rings. The van der Waals surface area contributed by atoms with E-state index in [9.17, 15) is 9.18 Å². The van der Waals surface area contributed by atoms with Crippen molar-refractivity contribution in [2.45, 2.75) is 6.73 Å². The van der Waals surface area contributed by atoms with Crippen molar-refractivity contribution in [3.05, 3.63) is 75.7 Å². The van der Waals surface area contributed by atoms with Crippen LogP contribution in [0.15, 0.2) is 59.2 Å². The fourth-order valence-electron chi connectivity index (χ4n) is 2.07. The highest BCUT2D eigenvalue weighted by atomic mass is 79.9. The van der Waals surface area contributed by atoms with Crippen molar-refractivity contribution < 1.29 is 13.9 Å². The minimum atomic E-state index is -0.536. The highest BCUT2D eigenvalue weighted by Gasteiger charge is 2.14. The maximum atomic E-state index is 13.9. The first-order valence-corrected chi connectivity index (χ1v) is 8.36. The van der Waals surface area contributed by atoms with E-state index in [2.05, 4.69) is 26.3 Å². The first kappa shape index (κ1) is 17.4. The fourth-order valence-corrected chi connectivity index (χ4v) is 2.53. The van der Waals surface area contributed by atoms with E-state index >= 15 is 0 Å². The number of anilines is 1. The van der Waals surface area contributed by atoms with Gasteiger partial charge in [-0.2, -0.15) is 5.10 Å². The summed E-state index contributed by atoms with van der Waals surface area (Å²) >= 11 is 8.99. The maximum absolute atomic E-state index is 13.9. The molecule has 8 heteroatoms. The molecule has 3 aromatic rings. The molecule has 0 unspecified atom stereocenters. The van der Waals surface area contributed by atoms with Crippen LogP contribution < -0.4 is 10.1 Å². The molecule has 1 amide bonds. The molecule has 0 aliphatic heterocycles. The van der Waals surface area contributed by atoms with Crippen LogP contribution in [0, 0.1) is 5.82 Å². The molecule has 0 saturated carbocycles. The number of hydrogen-bond donors (Lipinski definition) is 1. The number of carbonyl (C=O) groups is 1. The van der Waals surface area contributed by atoms with Gasteiger partial charge in [0.05, 0.1) is 5.69 Å². The number of benzene rings is 2. The Labute approximate surface area is 156 Å². The van der Waals surface area contributed by atoms with Gasteiger partial charge in [0, 0.05) is 15.7 Å². The Balaban J connectivity index is 1.69. The number of nitrogens with zero attached hydrogens (tertiary/aromatic N) is 2. The molecule has 0 atom stereocenters. The number of ether oxygens (including phenoxy) is 1. The van der Waals surface area contributed by atoms with Gasteiger partial charge in [0.2, 0.25) is 0 Å². The lowest BCUT2D eigenvalue weighted by molar-refractivity contribution is 0.100. The lowest BCUT2D eigenvalue weighted by Crippen LogP contribution is -2.20. The summed E-state index contributed by atoms with van der Waals surface area (Å²) in [4.78, 5) is 12.4. The van der Waals surface area contributed by atoms with Crippen molar-refractivity contribution in [1.82, 2.24) is 9.78 Å². The van der Waals surface area contributed by atoms with E-state index in [1.807, 2.05) is 0 Å². The van der Waals surface area contributed by atoms with Crippen molar-refractivity contribution in [2.24, 2.45) is 0 Å². The van der Waals surface area contributed by atoms with Gasteiger partial charge in [-0.3, -0.25) is 4.79 Å². The van der Waals surface area contributed by atoms with Crippen molar-refractivity contribution in [2.75, 3.05) is 5.32 Å². The van der Waals surface area contributed by atoms with Crippen molar-refractivity contribution >= 4 is 39.1 Å². The van der Waals surface area contributed by atoms with E-state index in [-0.39, 0.29) is 18.1 Å². The predicted molar refractivity (Wildman–Crippen MR) is 96.4 cm³/mol. The predicted octanol–water partition coefficient (Wildman–Crippen LogP) is 4.73. The lowest BCUT2D eigenvalue weighted by Gasteiger charge is -2.10. The quantitative estimate of drug-likeness (QED) is 0.644. The molecular formula is C17H12BrClFN3O2. The van der Waals surface area contributed by atoms with E-state index in [0.717, 1.165) is 0 Å². The summed E-state index contributed by atoms with van der Waals surface area (Å²) in [5.74, 6) is -0.435. The molecule has 0 spiro atoms. The minimum Gasteiger partial charge on any atom is -0.471 e. The molecule has 1 N–H and O–H groups in total. The van der Waals surface area contributed by atoms with Crippen LogP contribution in [0.5, 0.6) is 5.75 Å². The topological polar surface area (TPSA) is 56.2 Å². The SMILES string of the molecule is O=C(Nc1ccc(Br)cc1F)c1ccnn1COc1ccc(Cl)cc1. The summed E-state index contributed by atoms with van der Waals surface area (Å²) in [6.07, 6.45) is 1.47. The summed E-state index contributed by atoms with van der Waals surface area (Å²) in [7, 11) is 0. The second-order valence-corrected chi connectivity index (χ2v) is 6.37. The van der Waals surface area contributed by atoms with E-state index in [0.29, 0.717) is 15.2 Å². The van der Waals surface area contributed by atoms with E-state index in [1.165, 1.54) is 29.1 Å². The van der Waals surface area contributed by atoms with Gasteiger partial charge >= 0.3 is 0 Å². The number of nitrogens with one attached hydrogen (secondary N) is 1. The lowest BCUT2D eigenvalue weighted by atomic mass is 10.3. The molecule has 128 valence electrons. The normalized spacial score (nSPS) is 10.5. The van der Waals surface area contributed by atoms with E-state index in [4.69, 9.17) is 16.3 Å². The molecule has 3 rings (SSSR count). The van der Waals surface area contributed by atoms with Crippen LogP contribution in [0.25, 0.3) is 0 Å². The maximum Gasteiger partial charge on any atom is 0.274 e. The van der Waals surface area contributed by atoms with Crippen LogP contribution in [0.2, 0.25) is 5.02 Å². The zero-order valence-electron chi connectivity index (χ0n) is 12.7. The van der Waals surface area contributed by atoms with Crippen molar-refractivity contribution in [3.8, 4) is 5.75 Å². The molecule has 1 heterocycles. The molecule has 0 saturated heterocycles. The number of amides is 1. The molecule has 25 heavy (non-hydrogen) atoms. The summed E-state index contributed by atoms with van der Waals surface area (Å²) in [5.41, 5.74) is 0.329. The van der Waals surface area contributed by atoms with Crippen LogP contribution in [0.1, 0.15) is 10.5 Å². The van der Waals surface area contributed by atoms with E-state index < -0.39 is 11.7 Å². The third-order valence-electron chi connectivity index (χ3n) is 3.30. The van der Waals surface area contributed by atoms with Crippen molar-refractivity contribution in [1.29, 1.82) is 0 Å². The van der Waals surface area contributed by atoms with Crippen LogP contribution in [0.3, 0.4) is 0 Å². The summed E-state index contributed by atoms with van der Waals surface area (Å²) in [6, 6.07) is 12.7. The Hall–Kier alpha value is -2.38. The summed E-state index contributed by atoms with van der Waals surface area (Å²) < 4.78 is 21.4. The van der Waals surface area contributed by atoms with Gasteiger partial charge in [-0.15, -0.1) is 0 Å².